The van der Waals surface area contributed by atoms with Crippen molar-refractivity contribution in [2.75, 3.05) is 0 Å². The summed E-state index contributed by atoms with van der Waals surface area (Å²) in [6.07, 6.45) is 6.31. The Balaban J connectivity index is 2.18. The third-order valence-corrected chi connectivity index (χ3v) is 10.8. The zero-order valence-corrected chi connectivity index (χ0v) is 30.1. The summed E-state index contributed by atoms with van der Waals surface area (Å²) in [5, 5.41) is 2.38. The van der Waals surface area contributed by atoms with Gasteiger partial charge in [0.05, 0.1) is 64.9 Å². The predicted octanol–water partition coefficient (Wildman–Crippen LogP) is 12.6. The lowest BCUT2D eigenvalue weighted by Crippen LogP contribution is -1.89. The summed E-state index contributed by atoms with van der Waals surface area (Å²) >= 11 is 29.5. The largest absolute Gasteiger partial charge is 0.352 e. The molecule has 0 aliphatic carbocycles. The summed E-state index contributed by atoms with van der Waals surface area (Å²) < 4.78 is 0. The third-order valence-electron chi connectivity index (χ3n) is 9.29. The van der Waals surface area contributed by atoms with Crippen LogP contribution in [0, 0.1) is 0 Å². The molecule has 0 spiro atoms. The maximum atomic E-state index is 7.38. The minimum absolute atomic E-state index is 0.594. The number of halogens is 4. The zero-order chi connectivity index (χ0) is 32.0. The average Bonchev–Trinajstić information content (AvgIpc) is 3.80. The van der Waals surface area contributed by atoms with E-state index in [2.05, 4.69) is 65.4 Å². The van der Waals surface area contributed by atoms with Gasteiger partial charge >= 0.3 is 0 Å². The molecule has 0 unspecified atom stereocenters. The zero-order valence-electron chi connectivity index (χ0n) is 27.1. The second-order valence-corrected chi connectivity index (χ2v) is 12.8. The van der Waals surface area contributed by atoms with Gasteiger partial charge in [-0.25, -0.2) is 9.97 Å². The summed E-state index contributed by atoms with van der Waals surface area (Å²) in [5.41, 5.74) is 15.6. The minimum Gasteiger partial charge on any atom is -0.352 e. The first-order chi connectivity index (χ1) is 21.2. The highest BCUT2D eigenvalue weighted by molar-refractivity contribution is 6.40. The Labute approximate surface area is 281 Å². The molecule has 44 heavy (non-hydrogen) atoms. The van der Waals surface area contributed by atoms with Crippen molar-refractivity contribution in [3.63, 3.8) is 0 Å². The number of fused-ring (bicyclic) bond motifs is 8. The number of nitrogens with zero attached hydrogens (tertiary/aromatic N) is 2. The molecule has 0 fully saturated rings. The molecule has 2 aliphatic rings. The Hall–Kier alpha value is -2.24. The molecule has 0 radical (unpaired) electrons. The molecule has 0 atom stereocenters. The van der Waals surface area contributed by atoms with E-state index in [9.17, 15) is 0 Å². The van der Waals surface area contributed by atoms with E-state index < -0.39 is 0 Å². The van der Waals surface area contributed by atoms with Crippen molar-refractivity contribution >= 4 is 90.8 Å². The van der Waals surface area contributed by atoms with Crippen molar-refractivity contribution in [1.29, 1.82) is 0 Å². The standard InChI is InChI=1S/C36H42Cl4N4/c1-9-17-18(10-2)30-26(38)32-21(13-5)22(14-6)34(43-32)28(40)36-24(16-8)23(15-7)35(44-36)27(39)33-20(12-4)19(11-3)31(42-33)25(37)29(17)41-30/h41,44H,9-16H2,1-8H3. The fourth-order valence-corrected chi connectivity index (χ4v) is 8.52. The molecule has 3 aromatic rings. The lowest BCUT2D eigenvalue weighted by atomic mass is 9.98. The Morgan fingerprint density at radius 3 is 0.727 bits per heavy atom. The van der Waals surface area contributed by atoms with Crippen LogP contribution >= 0.6 is 46.4 Å². The lowest BCUT2D eigenvalue weighted by molar-refractivity contribution is 1.07. The first-order valence-electron chi connectivity index (χ1n) is 16.1. The summed E-state index contributed by atoms with van der Waals surface area (Å²) in [4.78, 5) is 17.7. The van der Waals surface area contributed by atoms with Crippen LogP contribution in [0.5, 0.6) is 0 Å². The van der Waals surface area contributed by atoms with E-state index in [1.54, 1.807) is 0 Å². The molecule has 2 N–H and O–H groups in total. The molecule has 0 saturated carbocycles. The molecule has 5 heterocycles. The molecule has 4 nitrogen and oxygen atoms in total. The van der Waals surface area contributed by atoms with Crippen molar-refractivity contribution in [2.24, 2.45) is 0 Å². The van der Waals surface area contributed by atoms with Crippen LogP contribution in [0.3, 0.4) is 0 Å². The minimum atomic E-state index is 0.594. The van der Waals surface area contributed by atoms with E-state index >= 15 is 0 Å². The number of nitrogens with one attached hydrogen (secondary N) is 2. The van der Waals surface area contributed by atoms with E-state index in [-0.39, 0.29) is 0 Å². The predicted molar refractivity (Wildman–Crippen MR) is 193 cm³/mol. The number of H-pyrrole nitrogens is 2. The Morgan fingerprint density at radius 2 is 0.568 bits per heavy atom. The fraction of sp³-hybridized carbons (Fsp3) is 0.444. The Bertz CT molecular complexity index is 1630. The van der Waals surface area contributed by atoms with E-state index in [0.717, 1.165) is 141 Å². The van der Waals surface area contributed by atoms with Crippen LogP contribution in [0.2, 0.25) is 20.1 Å². The van der Waals surface area contributed by atoms with Crippen molar-refractivity contribution < 1.29 is 0 Å². The van der Waals surface area contributed by atoms with E-state index in [4.69, 9.17) is 56.4 Å². The number of aromatic amines is 2. The smallest absolute Gasteiger partial charge is 0.0903 e. The highest BCUT2D eigenvalue weighted by Crippen LogP contribution is 2.46. The molecule has 234 valence electrons. The SMILES string of the molecule is CCC1=C(CC)c2nc1c(Cl)c1[nH]c(c(Cl)c3nc(c(Cl)c4[nH]c(c2Cl)c(CC)c4CC)C(CC)=C3CC)c(CC)c1CC. The second kappa shape index (κ2) is 13.2. The Kier molecular flexibility index (Phi) is 9.97. The van der Waals surface area contributed by atoms with Crippen molar-refractivity contribution in [3.05, 3.63) is 65.1 Å². The van der Waals surface area contributed by atoms with Gasteiger partial charge in [-0.05, 0) is 95.9 Å². The molecular formula is C36H42Cl4N4. The molecule has 8 bridgehead atoms. The average molecular weight is 673 g/mol. The number of aromatic nitrogens is 4. The van der Waals surface area contributed by atoms with Crippen LogP contribution < -0.4 is 0 Å². The molecule has 0 amide bonds. The third kappa shape index (κ3) is 4.96. The van der Waals surface area contributed by atoms with Crippen LogP contribution in [-0.4, -0.2) is 19.9 Å². The number of hydrogen-bond acceptors (Lipinski definition) is 2. The normalized spacial score (nSPS) is 13.5. The monoisotopic (exact) mass is 670 g/mol. The highest BCUT2D eigenvalue weighted by atomic mass is 35.5. The quantitative estimate of drug-likeness (QED) is 0.250. The summed E-state index contributed by atoms with van der Waals surface area (Å²) in [6, 6.07) is 0. The summed E-state index contributed by atoms with van der Waals surface area (Å²) in [7, 11) is 0. The van der Waals surface area contributed by atoms with Gasteiger partial charge in [0.25, 0.3) is 0 Å². The first kappa shape index (κ1) is 33.1. The van der Waals surface area contributed by atoms with Crippen molar-refractivity contribution in [2.45, 2.75) is 107 Å². The van der Waals surface area contributed by atoms with E-state index in [1.165, 1.54) is 0 Å². The van der Waals surface area contributed by atoms with Gasteiger partial charge in [-0.15, -0.1) is 0 Å². The van der Waals surface area contributed by atoms with Crippen molar-refractivity contribution in [1.82, 2.24) is 19.9 Å². The van der Waals surface area contributed by atoms with E-state index in [1.807, 2.05) is 0 Å². The molecule has 0 saturated heterocycles. The van der Waals surface area contributed by atoms with E-state index in [0.29, 0.717) is 20.1 Å². The molecule has 3 aromatic heterocycles. The lowest BCUT2D eigenvalue weighted by Gasteiger charge is -2.06. The maximum Gasteiger partial charge on any atom is 0.0903 e. The molecule has 5 rings (SSSR count). The van der Waals surface area contributed by atoms with Crippen LogP contribution in [0.4, 0.5) is 0 Å². The van der Waals surface area contributed by atoms with Gasteiger partial charge in [0.1, 0.15) is 0 Å². The highest BCUT2D eigenvalue weighted by Gasteiger charge is 2.28. The Morgan fingerprint density at radius 1 is 0.364 bits per heavy atom. The van der Waals surface area contributed by atoms with Gasteiger partial charge in [0, 0.05) is 0 Å². The van der Waals surface area contributed by atoms with Gasteiger partial charge in [-0.2, -0.15) is 0 Å². The number of allylic oxidation sites excluding steroid dienone is 4. The molecular weight excluding hydrogens is 630 g/mol. The topological polar surface area (TPSA) is 57.4 Å². The van der Waals surface area contributed by atoms with Crippen LogP contribution in [-0.2, 0) is 25.7 Å². The first-order valence-corrected chi connectivity index (χ1v) is 17.6. The maximum absolute atomic E-state index is 7.38. The van der Waals surface area contributed by atoms with Gasteiger partial charge in [0.15, 0.2) is 0 Å². The van der Waals surface area contributed by atoms with Crippen LogP contribution in [0.1, 0.15) is 126 Å². The molecule has 2 aliphatic heterocycles. The summed E-state index contributed by atoms with van der Waals surface area (Å²) in [5.74, 6) is 0. The molecule has 0 aromatic carbocycles. The number of rotatable bonds is 8. The van der Waals surface area contributed by atoms with Gasteiger partial charge in [-0.1, -0.05) is 102 Å². The van der Waals surface area contributed by atoms with Crippen molar-refractivity contribution in [3.8, 4) is 0 Å². The number of aryl methyl sites for hydroxylation is 4. The van der Waals surface area contributed by atoms with Crippen LogP contribution in [0.15, 0.2) is 0 Å². The molecule has 8 heteroatoms. The number of hydrogen-bond donors (Lipinski definition) is 2. The van der Waals surface area contributed by atoms with Gasteiger partial charge in [-0.3, -0.25) is 0 Å². The summed E-state index contributed by atoms with van der Waals surface area (Å²) in [6.45, 7) is 17.2. The second-order valence-electron chi connectivity index (χ2n) is 11.3. The van der Waals surface area contributed by atoms with Gasteiger partial charge < -0.3 is 9.97 Å². The van der Waals surface area contributed by atoms with Crippen LogP contribution in [0.25, 0.3) is 44.4 Å². The fourth-order valence-electron chi connectivity index (χ4n) is 7.25. The van der Waals surface area contributed by atoms with Gasteiger partial charge in [0.2, 0.25) is 0 Å².